The molecule has 0 bridgehead atoms. The molecule has 0 saturated carbocycles. The molecule has 0 aliphatic rings. The minimum absolute atomic E-state index is 0.384. The topological polar surface area (TPSA) is 61.4 Å². The van der Waals surface area contributed by atoms with Gasteiger partial charge in [-0.3, -0.25) is 9.36 Å². The molecule has 0 aliphatic heterocycles. The van der Waals surface area contributed by atoms with Gasteiger partial charge in [-0.05, 0) is 6.07 Å². The predicted octanol–water partition coefficient (Wildman–Crippen LogP) is 1.93. The molecular formula is C12H11ClN6. The second-order valence-corrected chi connectivity index (χ2v) is 4.56. The third-order valence-electron chi connectivity index (χ3n) is 2.64. The van der Waals surface area contributed by atoms with Gasteiger partial charge in [0.1, 0.15) is 10.8 Å². The van der Waals surface area contributed by atoms with Gasteiger partial charge in [0.15, 0.2) is 5.82 Å². The van der Waals surface area contributed by atoms with Gasteiger partial charge in [-0.25, -0.2) is 9.97 Å². The van der Waals surface area contributed by atoms with E-state index >= 15 is 0 Å². The first kappa shape index (κ1) is 11.9. The van der Waals surface area contributed by atoms with Crippen molar-refractivity contribution in [2.24, 2.45) is 14.1 Å². The standard InChI is InChI=1S/C12H11ClN6/c1-18-4-3-9(17-18)12-15-10(5-11(13)16-12)8-6-14-19(2)7-8/h3-7H,1-2H3. The number of rotatable bonds is 2. The molecule has 19 heavy (non-hydrogen) atoms. The minimum atomic E-state index is 0.384. The van der Waals surface area contributed by atoms with Crippen molar-refractivity contribution in [2.45, 2.75) is 0 Å². The van der Waals surface area contributed by atoms with Crippen molar-refractivity contribution in [1.82, 2.24) is 29.5 Å². The van der Waals surface area contributed by atoms with Crippen molar-refractivity contribution < 1.29 is 0 Å². The minimum Gasteiger partial charge on any atom is -0.275 e. The third-order valence-corrected chi connectivity index (χ3v) is 2.83. The number of aryl methyl sites for hydroxylation is 2. The average molecular weight is 275 g/mol. The summed E-state index contributed by atoms with van der Waals surface area (Å²) in [5.74, 6) is 0.506. The molecule has 3 aromatic heterocycles. The molecule has 0 atom stereocenters. The molecular weight excluding hydrogens is 264 g/mol. The maximum absolute atomic E-state index is 6.05. The molecule has 96 valence electrons. The Labute approximate surface area is 114 Å². The monoisotopic (exact) mass is 274 g/mol. The summed E-state index contributed by atoms with van der Waals surface area (Å²) in [7, 11) is 3.70. The molecule has 0 N–H and O–H groups in total. The van der Waals surface area contributed by atoms with Crippen LogP contribution in [0, 0.1) is 0 Å². The smallest absolute Gasteiger partial charge is 0.182 e. The van der Waals surface area contributed by atoms with Crippen molar-refractivity contribution in [3.63, 3.8) is 0 Å². The van der Waals surface area contributed by atoms with Crippen LogP contribution in [-0.2, 0) is 14.1 Å². The van der Waals surface area contributed by atoms with Crippen LogP contribution in [0.1, 0.15) is 0 Å². The highest BCUT2D eigenvalue weighted by Crippen LogP contribution is 2.22. The SMILES string of the molecule is Cn1cc(-c2cc(Cl)nc(-c3ccn(C)n3)n2)cn1. The molecule has 0 saturated heterocycles. The van der Waals surface area contributed by atoms with E-state index in [1.165, 1.54) is 0 Å². The fourth-order valence-corrected chi connectivity index (χ4v) is 1.95. The van der Waals surface area contributed by atoms with Crippen LogP contribution in [0.4, 0.5) is 0 Å². The zero-order chi connectivity index (χ0) is 13.4. The van der Waals surface area contributed by atoms with Gasteiger partial charge in [0.25, 0.3) is 0 Å². The van der Waals surface area contributed by atoms with Gasteiger partial charge in [-0.1, -0.05) is 11.6 Å². The first-order chi connectivity index (χ1) is 9.11. The summed E-state index contributed by atoms with van der Waals surface area (Å²) in [6, 6.07) is 3.56. The summed E-state index contributed by atoms with van der Waals surface area (Å²) >= 11 is 6.05. The van der Waals surface area contributed by atoms with Crippen LogP contribution in [0.2, 0.25) is 5.15 Å². The van der Waals surface area contributed by atoms with E-state index in [0.717, 1.165) is 11.3 Å². The maximum atomic E-state index is 6.05. The molecule has 3 heterocycles. The second kappa shape index (κ2) is 4.47. The molecule has 0 unspecified atom stereocenters. The average Bonchev–Trinajstić information content (AvgIpc) is 2.97. The van der Waals surface area contributed by atoms with Gasteiger partial charge in [0.05, 0.1) is 11.9 Å². The van der Waals surface area contributed by atoms with Gasteiger partial charge >= 0.3 is 0 Å². The van der Waals surface area contributed by atoms with Crippen LogP contribution in [0.5, 0.6) is 0 Å². The summed E-state index contributed by atoms with van der Waals surface area (Å²) in [6.07, 6.45) is 5.45. The number of aromatic nitrogens is 6. The van der Waals surface area contributed by atoms with Crippen molar-refractivity contribution in [3.05, 3.63) is 35.9 Å². The molecule has 3 aromatic rings. The molecule has 0 spiro atoms. The quantitative estimate of drug-likeness (QED) is 0.670. The lowest BCUT2D eigenvalue weighted by Crippen LogP contribution is -1.95. The number of halogens is 1. The first-order valence-electron chi connectivity index (χ1n) is 5.65. The summed E-state index contributed by atoms with van der Waals surface area (Å²) in [5.41, 5.74) is 2.31. The Morgan fingerprint density at radius 3 is 2.58 bits per heavy atom. The Bertz CT molecular complexity index is 671. The Kier molecular flexibility index (Phi) is 2.79. The van der Waals surface area contributed by atoms with Gasteiger partial charge in [0, 0.05) is 38.1 Å². The summed E-state index contributed by atoms with van der Waals surface area (Å²) < 4.78 is 3.41. The van der Waals surface area contributed by atoms with Gasteiger partial charge in [-0.2, -0.15) is 10.2 Å². The van der Waals surface area contributed by atoms with E-state index in [1.54, 1.807) is 21.6 Å². The lowest BCUT2D eigenvalue weighted by atomic mass is 10.2. The van der Waals surface area contributed by atoms with E-state index < -0.39 is 0 Å². The molecule has 0 aliphatic carbocycles. The van der Waals surface area contributed by atoms with E-state index in [4.69, 9.17) is 11.6 Å². The Morgan fingerprint density at radius 1 is 1.11 bits per heavy atom. The van der Waals surface area contributed by atoms with Crippen molar-refractivity contribution >= 4 is 11.6 Å². The maximum Gasteiger partial charge on any atom is 0.182 e. The number of nitrogens with zero attached hydrogens (tertiary/aromatic N) is 6. The highest BCUT2D eigenvalue weighted by Gasteiger charge is 2.10. The fraction of sp³-hybridized carbons (Fsp3) is 0.167. The molecule has 0 radical (unpaired) electrons. The molecule has 0 amide bonds. The molecule has 6 nitrogen and oxygen atoms in total. The number of hydrogen-bond donors (Lipinski definition) is 0. The van der Waals surface area contributed by atoms with E-state index in [9.17, 15) is 0 Å². The van der Waals surface area contributed by atoms with Crippen LogP contribution in [0.15, 0.2) is 30.7 Å². The largest absolute Gasteiger partial charge is 0.275 e. The normalized spacial score (nSPS) is 10.9. The van der Waals surface area contributed by atoms with Crippen LogP contribution in [0.25, 0.3) is 22.8 Å². The van der Waals surface area contributed by atoms with E-state index in [2.05, 4.69) is 20.2 Å². The zero-order valence-corrected chi connectivity index (χ0v) is 11.2. The van der Waals surface area contributed by atoms with E-state index in [-0.39, 0.29) is 0 Å². The molecule has 0 aromatic carbocycles. The highest BCUT2D eigenvalue weighted by molar-refractivity contribution is 6.29. The summed E-state index contributed by atoms with van der Waals surface area (Å²) in [4.78, 5) is 8.68. The van der Waals surface area contributed by atoms with Gasteiger partial charge in [-0.15, -0.1) is 0 Å². The van der Waals surface area contributed by atoms with Crippen molar-refractivity contribution in [1.29, 1.82) is 0 Å². The van der Waals surface area contributed by atoms with Crippen molar-refractivity contribution in [2.75, 3.05) is 0 Å². The molecule has 0 fully saturated rings. The Balaban J connectivity index is 2.10. The second-order valence-electron chi connectivity index (χ2n) is 4.18. The van der Waals surface area contributed by atoms with Gasteiger partial charge in [0.2, 0.25) is 0 Å². The summed E-state index contributed by atoms with van der Waals surface area (Å²) in [5, 5.41) is 8.78. The van der Waals surface area contributed by atoms with Crippen molar-refractivity contribution in [3.8, 4) is 22.8 Å². The van der Waals surface area contributed by atoms with Gasteiger partial charge < -0.3 is 0 Å². The van der Waals surface area contributed by atoms with Crippen LogP contribution in [0.3, 0.4) is 0 Å². The lowest BCUT2D eigenvalue weighted by molar-refractivity contribution is 0.768. The zero-order valence-electron chi connectivity index (χ0n) is 10.4. The fourth-order valence-electron chi connectivity index (χ4n) is 1.77. The third kappa shape index (κ3) is 2.34. The highest BCUT2D eigenvalue weighted by atomic mass is 35.5. The van der Waals surface area contributed by atoms with E-state index in [1.807, 2.05) is 32.6 Å². The number of hydrogen-bond acceptors (Lipinski definition) is 4. The predicted molar refractivity (Wildman–Crippen MR) is 71.4 cm³/mol. The molecule has 7 heteroatoms. The Hall–Kier alpha value is -2.21. The van der Waals surface area contributed by atoms with Crippen LogP contribution < -0.4 is 0 Å². The summed E-state index contributed by atoms with van der Waals surface area (Å²) in [6.45, 7) is 0. The van der Waals surface area contributed by atoms with Crippen LogP contribution >= 0.6 is 11.6 Å². The lowest BCUT2D eigenvalue weighted by Gasteiger charge is -2.01. The Morgan fingerprint density at radius 2 is 1.95 bits per heavy atom. The molecule has 3 rings (SSSR count). The first-order valence-corrected chi connectivity index (χ1v) is 6.03. The van der Waals surface area contributed by atoms with Crippen LogP contribution in [-0.4, -0.2) is 29.5 Å². The van der Waals surface area contributed by atoms with E-state index in [0.29, 0.717) is 16.7 Å².